The number of hydrogen-bond donors (Lipinski definition) is 1. The summed E-state index contributed by atoms with van der Waals surface area (Å²) in [6.07, 6.45) is 0.390. The van der Waals surface area contributed by atoms with Crippen LogP contribution in [0, 0.1) is 17.1 Å². The van der Waals surface area contributed by atoms with Crippen molar-refractivity contribution >= 4 is 17.1 Å². The molecule has 0 aliphatic heterocycles. The van der Waals surface area contributed by atoms with E-state index in [2.05, 4.69) is 16.3 Å². The highest BCUT2D eigenvalue weighted by Crippen LogP contribution is 2.22. The molecule has 0 bridgehead atoms. The lowest BCUT2D eigenvalue weighted by Crippen LogP contribution is -2.27. The highest BCUT2D eigenvalue weighted by atomic mass is 19.1. The number of nitrogens with zero attached hydrogens (tertiary/aromatic N) is 4. The second-order valence-electron chi connectivity index (χ2n) is 4.82. The van der Waals surface area contributed by atoms with E-state index in [1.807, 2.05) is 17.0 Å². The molecule has 118 valence electrons. The standard InChI is InChI=1S/C17H17FN4O/c18-14-3-1-4-16(13-14)21-20-15-5-7-17(8-6-15)22(11-12-23)10-2-9-19/h1,3-8,13,23H,2,10-12H2. The van der Waals surface area contributed by atoms with Gasteiger partial charge in [-0.05, 0) is 36.4 Å². The molecular weight excluding hydrogens is 295 g/mol. The van der Waals surface area contributed by atoms with Crippen LogP contribution in [0.2, 0.25) is 0 Å². The van der Waals surface area contributed by atoms with E-state index in [4.69, 9.17) is 10.4 Å². The lowest BCUT2D eigenvalue weighted by molar-refractivity contribution is 0.302. The number of anilines is 1. The Morgan fingerprint density at radius 2 is 1.78 bits per heavy atom. The van der Waals surface area contributed by atoms with E-state index in [0.29, 0.717) is 30.9 Å². The minimum Gasteiger partial charge on any atom is -0.395 e. The smallest absolute Gasteiger partial charge is 0.125 e. The van der Waals surface area contributed by atoms with Gasteiger partial charge in [-0.25, -0.2) is 4.39 Å². The van der Waals surface area contributed by atoms with Gasteiger partial charge in [0.25, 0.3) is 0 Å². The second kappa shape index (κ2) is 8.61. The number of aliphatic hydroxyl groups excluding tert-OH is 1. The molecule has 6 heteroatoms. The predicted octanol–water partition coefficient (Wildman–Crippen LogP) is 3.95. The van der Waals surface area contributed by atoms with Crippen LogP contribution in [0.4, 0.5) is 21.5 Å². The van der Waals surface area contributed by atoms with E-state index < -0.39 is 0 Å². The van der Waals surface area contributed by atoms with Gasteiger partial charge in [-0.2, -0.15) is 15.5 Å². The third-order valence-corrected chi connectivity index (χ3v) is 3.17. The van der Waals surface area contributed by atoms with Crippen LogP contribution in [0.15, 0.2) is 58.8 Å². The van der Waals surface area contributed by atoms with Gasteiger partial charge < -0.3 is 10.0 Å². The summed E-state index contributed by atoms with van der Waals surface area (Å²) in [4.78, 5) is 1.93. The van der Waals surface area contributed by atoms with Gasteiger partial charge in [0.1, 0.15) is 5.82 Å². The van der Waals surface area contributed by atoms with Crippen LogP contribution < -0.4 is 4.90 Å². The number of hydrogen-bond acceptors (Lipinski definition) is 5. The molecule has 5 nitrogen and oxygen atoms in total. The van der Waals surface area contributed by atoms with Crippen molar-refractivity contribution in [2.24, 2.45) is 10.2 Å². The second-order valence-corrected chi connectivity index (χ2v) is 4.82. The summed E-state index contributed by atoms with van der Waals surface area (Å²) in [5.74, 6) is -0.353. The first-order valence-corrected chi connectivity index (χ1v) is 7.23. The molecule has 0 fully saturated rings. The molecular formula is C17H17FN4O. The molecule has 0 saturated heterocycles. The highest BCUT2D eigenvalue weighted by Gasteiger charge is 2.05. The van der Waals surface area contributed by atoms with Gasteiger partial charge in [0.05, 0.1) is 30.5 Å². The van der Waals surface area contributed by atoms with Gasteiger partial charge in [0.2, 0.25) is 0 Å². The van der Waals surface area contributed by atoms with Gasteiger partial charge in [0.15, 0.2) is 0 Å². The third kappa shape index (κ3) is 5.16. The maximum atomic E-state index is 13.1. The van der Waals surface area contributed by atoms with Crippen molar-refractivity contribution in [3.8, 4) is 6.07 Å². The first-order chi connectivity index (χ1) is 11.2. The van der Waals surface area contributed by atoms with Crippen molar-refractivity contribution in [1.82, 2.24) is 0 Å². The van der Waals surface area contributed by atoms with Gasteiger partial charge in [-0.15, -0.1) is 0 Å². The third-order valence-electron chi connectivity index (χ3n) is 3.17. The molecule has 0 heterocycles. The molecule has 0 unspecified atom stereocenters. The fraction of sp³-hybridized carbons (Fsp3) is 0.235. The minimum atomic E-state index is -0.353. The van der Waals surface area contributed by atoms with Crippen molar-refractivity contribution in [3.63, 3.8) is 0 Å². The lowest BCUT2D eigenvalue weighted by atomic mass is 10.2. The predicted molar refractivity (Wildman–Crippen MR) is 86.5 cm³/mol. The van der Waals surface area contributed by atoms with Gasteiger partial charge in [-0.1, -0.05) is 6.07 Å². The van der Waals surface area contributed by atoms with Crippen molar-refractivity contribution in [3.05, 3.63) is 54.3 Å². The fourth-order valence-electron chi connectivity index (χ4n) is 2.06. The summed E-state index contributed by atoms with van der Waals surface area (Å²) < 4.78 is 13.1. The molecule has 0 aliphatic rings. The summed E-state index contributed by atoms with van der Waals surface area (Å²) >= 11 is 0. The van der Waals surface area contributed by atoms with E-state index in [9.17, 15) is 4.39 Å². The Morgan fingerprint density at radius 3 is 2.43 bits per heavy atom. The Bertz CT molecular complexity index is 694. The Balaban J connectivity index is 2.07. The van der Waals surface area contributed by atoms with Crippen LogP contribution in [-0.4, -0.2) is 24.8 Å². The van der Waals surface area contributed by atoms with Crippen LogP contribution in [0.5, 0.6) is 0 Å². The summed E-state index contributed by atoms with van der Waals surface area (Å²) in [6, 6.07) is 15.3. The summed E-state index contributed by atoms with van der Waals surface area (Å²) in [5.41, 5.74) is 1.99. The molecule has 0 atom stereocenters. The van der Waals surface area contributed by atoms with Gasteiger partial charge >= 0.3 is 0 Å². The minimum absolute atomic E-state index is 0.0203. The number of benzene rings is 2. The van der Waals surface area contributed by atoms with Crippen LogP contribution in [0.1, 0.15) is 6.42 Å². The van der Waals surface area contributed by atoms with Gasteiger partial charge in [-0.3, -0.25) is 0 Å². The number of aliphatic hydroxyl groups is 1. The number of halogens is 1. The Labute approximate surface area is 134 Å². The van der Waals surface area contributed by atoms with Crippen molar-refractivity contribution < 1.29 is 9.50 Å². The molecule has 0 saturated carbocycles. The summed E-state index contributed by atoms with van der Waals surface area (Å²) in [7, 11) is 0. The molecule has 0 spiro atoms. The van der Waals surface area contributed by atoms with E-state index >= 15 is 0 Å². The van der Waals surface area contributed by atoms with E-state index in [-0.39, 0.29) is 12.4 Å². The lowest BCUT2D eigenvalue weighted by Gasteiger charge is -2.22. The average Bonchev–Trinajstić information content (AvgIpc) is 2.57. The zero-order valence-corrected chi connectivity index (χ0v) is 12.6. The Hall–Kier alpha value is -2.78. The molecule has 0 aliphatic carbocycles. The van der Waals surface area contributed by atoms with Crippen LogP contribution in [-0.2, 0) is 0 Å². The average molecular weight is 312 g/mol. The fourth-order valence-corrected chi connectivity index (χ4v) is 2.06. The molecule has 2 aromatic carbocycles. The number of azo groups is 1. The van der Waals surface area contributed by atoms with Crippen LogP contribution in [0.3, 0.4) is 0 Å². The largest absolute Gasteiger partial charge is 0.395 e. The molecule has 2 aromatic rings. The monoisotopic (exact) mass is 312 g/mol. The molecule has 0 radical (unpaired) electrons. The molecule has 23 heavy (non-hydrogen) atoms. The first kappa shape index (κ1) is 16.6. The Morgan fingerprint density at radius 1 is 1.04 bits per heavy atom. The maximum Gasteiger partial charge on any atom is 0.125 e. The first-order valence-electron chi connectivity index (χ1n) is 7.23. The molecule has 1 N–H and O–H groups in total. The SMILES string of the molecule is N#CCCN(CCO)c1ccc(N=Nc2cccc(F)c2)cc1. The van der Waals surface area contributed by atoms with Crippen molar-refractivity contribution in [2.45, 2.75) is 6.42 Å². The highest BCUT2D eigenvalue weighted by molar-refractivity contribution is 5.53. The normalized spacial score (nSPS) is 10.7. The number of nitriles is 1. The van der Waals surface area contributed by atoms with Crippen molar-refractivity contribution in [1.29, 1.82) is 5.26 Å². The molecule has 2 rings (SSSR count). The van der Waals surface area contributed by atoms with E-state index in [1.54, 1.807) is 24.3 Å². The molecule has 0 aromatic heterocycles. The topological polar surface area (TPSA) is 72.0 Å². The van der Waals surface area contributed by atoms with E-state index in [0.717, 1.165) is 5.69 Å². The zero-order chi connectivity index (χ0) is 16.5. The zero-order valence-electron chi connectivity index (χ0n) is 12.6. The molecule has 0 amide bonds. The van der Waals surface area contributed by atoms with Crippen LogP contribution in [0.25, 0.3) is 0 Å². The summed E-state index contributed by atoms with van der Waals surface area (Å²) in [6.45, 7) is 1.04. The quantitative estimate of drug-likeness (QED) is 0.787. The van der Waals surface area contributed by atoms with Crippen LogP contribution >= 0.6 is 0 Å². The number of rotatable bonds is 7. The summed E-state index contributed by atoms with van der Waals surface area (Å²) in [5, 5.41) is 25.8. The maximum absolute atomic E-state index is 13.1. The van der Waals surface area contributed by atoms with E-state index in [1.165, 1.54) is 12.1 Å². The van der Waals surface area contributed by atoms with Gasteiger partial charge in [0, 0.05) is 24.8 Å². The Kier molecular flexibility index (Phi) is 6.21. The van der Waals surface area contributed by atoms with Crippen molar-refractivity contribution in [2.75, 3.05) is 24.6 Å².